The maximum Gasteiger partial charge on any atom is 0.343 e. The number of hydrogen-bond acceptors (Lipinski definition) is 13. The summed E-state index contributed by atoms with van der Waals surface area (Å²) in [6.07, 6.45) is 2.05. The van der Waals surface area contributed by atoms with Crippen LogP contribution in [0.25, 0.3) is 0 Å². The highest BCUT2D eigenvalue weighted by Crippen LogP contribution is 2.26. The van der Waals surface area contributed by atoms with Crippen LogP contribution in [0.4, 0.5) is 17.1 Å². The Bertz CT molecular complexity index is 3600. The molecular weight excluding hydrogens is 983 g/mol. The van der Waals surface area contributed by atoms with E-state index in [1.54, 1.807) is 68.4 Å². The van der Waals surface area contributed by atoms with Crippen LogP contribution in [0.2, 0.25) is 0 Å². The van der Waals surface area contributed by atoms with Gasteiger partial charge in [0, 0.05) is 45.7 Å². The molecule has 16 heteroatoms. The predicted molar refractivity (Wildman–Crippen MR) is 283 cm³/mol. The van der Waals surface area contributed by atoms with Crippen LogP contribution in [-0.4, -0.2) is 59.0 Å². The average molecular weight is 1030 g/mol. The quantitative estimate of drug-likeness (QED) is 0.0353. The number of amides is 5. The number of benzene rings is 7. The summed E-state index contributed by atoms with van der Waals surface area (Å²) in [6.45, 7) is 7.00. The molecule has 0 fully saturated rings. The lowest BCUT2D eigenvalue weighted by Gasteiger charge is -2.14. The Morgan fingerprint density at radius 3 is 1.19 bits per heavy atom. The van der Waals surface area contributed by atoms with E-state index >= 15 is 0 Å². The van der Waals surface area contributed by atoms with Crippen molar-refractivity contribution < 1.29 is 62.2 Å². The number of carbonyl (C=O) groups is 10. The molecule has 5 amide bonds. The Balaban J connectivity index is 0.000000271. The third kappa shape index (κ3) is 12.8. The first-order chi connectivity index (χ1) is 36.9. The lowest BCUT2D eigenvalue weighted by Crippen LogP contribution is -2.30. The summed E-state index contributed by atoms with van der Waals surface area (Å²) < 4.78 is 16.1. The molecule has 382 valence electrons. The first-order valence-corrected chi connectivity index (χ1v) is 23.7. The largest absolute Gasteiger partial charge is 0.423 e. The molecule has 0 saturated carbocycles. The Kier molecular flexibility index (Phi) is 15.9. The lowest BCUT2D eigenvalue weighted by molar-refractivity contribution is -0.121. The number of nitrogens with zero attached hydrogens (tertiary/aromatic N) is 2. The van der Waals surface area contributed by atoms with Crippen molar-refractivity contribution in [2.24, 2.45) is 0 Å². The van der Waals surface area contributed by atoms with E-state index in [0.29, 0.717) is 45.3 Å². The van der Waals surface area contributed by atoms with Crippen molar-refractivity contribution in [2.75, 3.05) is 15.1 Å². The number of anilines is 3. The van der Waals surface area contributed by atoms with Crippen LogP contribution in [0, 0.1) is 13.8 Å². The third-order valence-electron chi connectivity index (χ3n) is 11.9. The van der Waals surface area contributed by atoms with Gasteiger partial charge >= 0.3 is 17.9 Å². The molecule has 7 aromatic rings. The number of esters is 3. The van der Waals surface area contributed by atoms with Gasteiger partial charge in [-0.3, -0.25) is 33.6 Å². The van der Waals surface area contributed by atoms with Crippen LogP contribution in [0.3, 0.4) is 0 Å². The van der Waals surface area contributed by atoms with Crippen molar-refractivity contribution in [1.82, 2.24) is 0 Å². The highest BCUT2D eigenvalue weighted by Gasteiger charge is 2.31. The maximum absolute atomic E-state index is 13.0. The maximum atomic E-state index is 13.0. The first kappa shape index (κ1) is 52.8. The summed E-state index contributed by atoms with van der Waals surface area (Å²) in [6, 6.07) is 44.0. The number of nitrogens with one attached hydrogen (secondary N) is 1. The van der Waals surface area contributed by atoms with Crippen LogP contribution >= 0.6 is 0 Å². The molecular formula is C61H45N3O13. The van der Waals surface area contributed by atoms with Gasteiger partial charge in [-0.05, 0) is 155 Å². The van der Waals surface area contributed by atoms with Gasteiger partial charge < -0.3 is 19.5 Å². The summed E-state index contributed by atoms with van der Waals surface area (Å²) in [7, 11) is 0. The van der Waals surface area contributed by atoms with Crippen LogP contribution in [-0.2, 0) is 19.2 Å². The number of ether oxygens (including phenoxy) is 3. The van der Waals surface area contributed by atoms with E-state index in [-0.39, 0.29) is 45.4 Å². The third-order valence-corrected chi connectivity index (χ3v) is 11.9. The van der Waals surface area contributed by atoms with Gasteiger partial charge in [0.1, 0.15) is 17.2 Å². The molecule has 1 N–H and O–H groups in total. The zero-order valence-corrected chi connectivity index (χ0v) is 41.7. The number of Topliss-reactive ketones (excluding diaryl/α,β-unsaturated/α-hetero) is 2. The molecule has 77 heavy (non-hydrogen) atoms. The van der Waals surface area contributed by atoms with Crippen LogP contribution < -0.4 is 29.3 Å². The fraction of sp³-hybridized carbons (Fsp3) is 0.0820. The second-order valence-corrected chi connectivity index (χ2v) is 17.7. The Morgan fingerprint density at radius 1 is 0.403 bits per heavy atom. The Morgan fingerprint density at radius 2 is 0.766 bits per heavy atom. The molecule has 0 radical (unpaired) electrons. The summed E-state index contributed by atoms with van der Waals surface area (Å²) in [5.74, 6) is -3.96. The van der Waals surface area contributed by atoms with Crippen LogP contribution in [0.15, 0.2) is 193 Å². The molecule has 0 atom stereocenters. The van der Waals surface area contributed by atoms with E-state index in [1.165, 1.54) is 103 Å². The predicted octanol–water partition coefficient (Wildman–Crippen LogP) is 9.99. The Labute approximate surface area is 440 Å². The monoisotopic (exact) mass is 1030 g/mol. The van der Waals surface area contributed by atoms with Gasteiger partial charge in [0.2, 0.25) is 0 Å². The van der Waals surface area contributed by atoms with Gasteiger partial charge in [0.25, 0.3) is 29.5 Å². The first-order valence-electron chi connectivity index (χ1n) is 23.7. The highest BCUT2D eigenvalue weighted by molar-refractivity contribution is 6.31. The molecule has 7 aromatic carbocycles. The van der Waals surface area contributed by atoms with Crippen molar-refractivity contribution in [3.63, 3.8) is 0 Å². The molecule has 2 aliphatic heterocycles. The number of carbonyl (C=O) groups excluding carboxylic acids is 10. The fourth-order valence-electron chi connectivity index (χ4n) is 7.68. The summed E-state index contributed by atoms with van der Waals surface area (Å²) in [5, 5.41) is 2.73. The van der Waals surface area contributed by atoms with E-state index in [9.17, 15) is 47.9 Å². The van der Waals surface area contributed by atoms with E-state index in [2.05, 4.69) is 5.32 Å². The van der Waals surface area contributed by atoms with Crippen molar-refractivity contribution >= 4 is 76.1 Å². The molecule has 0 saturated heterocycles. The van der Waals surface area contributed by atoms with Crippen molar-refractivity contribution in [2.45, 2.75) is 34.1 Å². The second-order valence-electron chi connectivity index (χ2n) is 17.7. The van der Waals surface area contributed by atoms with Gasteiger partial charge in [-0.15, -0.1) is 0 Å². The van der Waals surface area contributed by atoms with Gasteiger partial charge in [0.15, 0.2) is 11.6 Å². The number of ketones is 2. The molecule has 16 nitrogen and oxygen atoms in total. The van der Waals surface area contributed by atoms with E-state index in [4.69, 9.17) is 14.2 Å². The average Bonchev–Trinajstić information content (AvgIpc) is 3.85. The van der Waals surface area contributed by atoms with Gasteiger partial charge in [-0.25, -0.2) is 24.2 Å². The molecule has 0 unspecified atom stereocenters. The minimum absolute atomic E-state index is 0.0784. The molecule has 2 heterocycles. The van der Waals surface area contributed by atoms with Gasteiger partial charge in [-0.1, -0.05) is 53.6 Å². The highest BCUT2D eigenvalue weighted by atomic mass is 16.5. The molecule has 0 aliphatic carbocycles. The fourth-order valence-corrected chi connectivity index (χ4v) is 7.68. The smallest absolute Gasteiger partial charge is 0.343 e. The number of rotatable bonds is 14. The van der Waals surface area contributed by atoms with Crippen LogP contribution in [0.5, 0.6) is 17.2 Å². The number of aryl methyl sites for hydroxylation is 2. The molecule has 9 rings (SSSR count). The van der Waals surface area contributed by atoms with E-state index < -0.39 is 53.6 Å². The van der Waals surface area contributed by atoms with Gasteiger partial charge in [-0.2, -0.15) is 0 Å². The van der Waals surface area contributed by atoms with Crippen molar-refractivity contribution in [3.05, 3.63) is 238 Å². The number of hydrogen-bond donors (Lipinski definition) is 1. The minimum atomic E-state index is -0.747. The molecule has 0 bridgehead atoms. The van der Waals surface area contributed by atoms with Crippen molar-refractivity contribution in [1.29, 1.82) is 0 Å². The van der Waals surface area contributed by atoms with E-state index in [0.717, 1.165) is 20.9 Å². The zero-order valence-electron chi connectivity index (χ0n) is 41.7. The topological polar surface area (TPSA) is 217 Å². The standard InChI is InChI=1S/C42H30N2O9.C19H15NO4/c1-25-9-17-34(18-10-25)52-42(51)31-8-4-6-29(23-31)39(48)43-32-13-19-35(20-14-32)53-41(50)30-7-3-5-28(22-30)37(46)24-36(45)27-11-15-33(16-12-27)44-38(47)21-26(2)40(44)49;1-12-3-9-16(10-4-12)24-19(23)14-5-7-15(8-6-14)20-17(21)11-13(2)18(20)22/h3-23H,24H2,1-2H3,(H,43,48);3-11H,1-2H3. The Hall–Kier alpha value is -10.5. The summed E-state index contributed by atoms with van der Waals surface area (Å²) >= 11 is 0. The summed E-state index contributed by atoms with van der Waals surface area (Å²) in [5.41, 5.74) is 5.12. The summed E-state index contributed by atoms with van der Waals surface area (Å²) in [4.78, 5) is 127. The number of imide groups is 2. The van der Waals surface area contributed by atoms with Gasteiger partial charge in [0.05, 0.1) is 34.5 Å². The molecule has 0 aromatic heterocycles. The minimum Gasteiger partial charge on any atom is -0.423 e. The lowest BCUT2D eigenvalue weighted by atomic mass is 10.00. The van der Waals surface area contributed by atoms with Crippen molar-refractivity contribution in [3.8, 4) is 17.2 Å². The molecule has 0 spiro atoms. The van der Waals surface area contributed by atoms with Crippen LogP contribution in [0.1, 0.15) is 93.5 Å². The molecule has 2 aliphatic rings. The second kappa shape index (κ2) is 23.2. The zero-order chi connectivity index (χ0) is 54.9. The van der Waals surface area contributed by atoms with E-state index in [1.807, 2.05) is 38.1 Å². The SMILES string of the molecule is CC1=CC(=O)N(c2ccc(C(=O)CC(=O)c3cccc(C(=O)Oc4ccc(NC(=O)c5cccc(C(=O)Oc6ccc(C)cc6)c5)cc4)c3)cc2)C1=O.CC1=CC(=O)N(c2ccc(C(=O)Oc3ccc(C)cc3)cc2)C1=O. The normalized spacial score (nSPS) is 12.7.